The molecule has 2 aromatic carbocycles. The number of carboxylic acids is 1. The Hall–Kier alpha value is -3.45. The Morgan fingerprint density at radius 1 is 1.13 bits per heavy atom. The van der Waals surface area contributed by atoms with Crippen LogP contribution in [-0.4, -0.2) is 40.7 Å². The van der Waals surface area contributed by atoms with E-state index in [2.05, 4.69) is 21.6 Å². The number of Topliss-reactive ketones (excluding diaryl/α,β-unsaturated/α-hetero) is 1. The molecule has 0 aliphatic rings. The number of carbonyl (C=O) groups excluding carboxylic acids is 1. The number of nitrogens with zero attached hydrogens (tertiary/aromatic N) is 1. The van der Waals surface area contributed by atoms with Crippen molar-refractivity contribution in [2.45, 2.75) is 26.3 Å². The molecule has 7 heteroatoms. The van der Waals surface area contributed by atoms with Crippen molar-refractivity contribution in [1.29, 1.82) is 0 Å². The third-order valence-corrected chi connectivity index (χ3v) is 4.82. The van der Waals surface area contributed by atoms with E-state index in [1.54, 1.807) is 32.4 Å². The van der Waals surface area contributed by atoms with Gasteiger partial charge in [-0.25, -0.2) is 0 Å². The normalized spacial score (nSPS) is 10.7. The van der Waals surface area contributed by atoms with E-state index >= 15 is 0 Å². The van der Waals surface area contributed by atoms with Gasteiger partial charge < -0.3 is 15.2 Å². The molecule has 0 aliphatic carbocycles. The first-order valence-corrected chi connectivity index (χ1v) is 9.69. The van der Waals surface area contributed by atoms with Gasteiger partial charge >= 0.3 is 5.97 Å². The van der Waals surface area contributed by atoms with Gasteiger partial charge in [0.2, 0.25) is 0 Å². The molecule has 156 valence electrons. The van der Waals surface area contributed by atoms with E-state index < -0.39 is 5.97 Å². The lowest BCUT2D eigenvalue weighted by molar-refractivity contribution is -0.136. The third kappa shape index (κ3) is 5.33. The number of methoxy groups -OCH3 is 1. The van der Waals surface area contributed by atoms with Gasteiger partial charge in [-0.3, -0.25) is 14.7 Å². The van der Waals surface area contributed by atoms with E-state index in [1.165, 1.54) is 0 Å². The Kier molecular flexibility index (Phi) is 6.98. The molecule has 1 heterocycles. The number of aromatic nitrogens is 2. The number of ether oxygens (including phenoxy) is 1. The first-order chi connectivity index (χ1) is 14.5. The maximum Gasteiger partial charge on any atom is 0.307 e. The van der Waals surface area contributed by atoms with Crippen molar-refractivity contribution in [1.82, 2.24) is 15.5 Å². The van der Waals surface area contributed by atoms with Crippen molar-refractivity contribution in [2.24, 2.45) is 0 Å². The second-order valence-corrected chi connectivity index (χ2v) is 7.09. The zero-order valence-corrected chi connectivity index (χ0v) is 17.1. The number of carbonyl (C=O) groups is 2. The molecule has 0 atom stereocenters. The molecule has 0 saturated heterocycles. The molecule has 0 saturated carbocycles. The Bertz CT molecular complexity index is 1030. The quantitative estimate of drug-likeness (QED) is 0.445. The van der Waals surface area contributed by atoms with Crippen molar-refractivity contribution in [2.75, 3.05) is 13.7 Å². The number of H-pyrrole nitrogens is 1. The fraction of sp³-hybridized carbons (Fsp3) is 0.261. The molecular formula is C23H25N3O4. The van der Waals surface area contributed by atoms with E-state index in [0.717, 1.165) is 27.8 Å². The lowest BCUT2D eigenvalue weighted by Crippen LogP contribution is -2.17. The largest absolute Gasteiger partial charge is 0.496 e. The highest BCUT2D eigenvalue weighted by molar-refractivity contribution is 5.79. The Balaban J connectivity index is 2.01. The van der Waals surface area contributed by atoms with Gasteiger partial charge in [0.25, 0.3) is 0 Å². The van der Waals surface area contributed by atoms with Gasteiger partial charge in [-0.2, -0.15) is 5.10 Å². The number of benzene rings is 2. The van der Waals surface area contributed by atoms with Gasteiger partial charge in [0.05, 0.1) is 19.7 Å². The predicted octanol–water partition coefficient (Wildman–Crippen LogP) is 3.45. The summed E-state index contributed by atoms with van der Waals surface area (Å²) < 4.78 is 5.55. The summed E-state index contributed by atoms with van der Waals surface area (Å²) in [6, 6.07) is 11.5. The summed E-state index contributed by atoms with van der Waals surface area (Å²) in [6.45, 7) is 2.72. The van der Waals surface area contributed by atoms with Crippen molar-refractivity contribution < 1.29 is 19.4 Å². The number of aromatic amines is 1. The Morgan fingerprint density at radius 3 is 2.63 bits per heavy atom. The topological polar surface area (TPSA) is 104 Å². The summed E-state index contributed by atoms with van der Waals surface area (Å²) in [4.78, 5) is 22.4. The second-order valence-electron chi connectivity index (χ2n) is 7.09. The predicted molar refractivity (Wildman–Crippen MR) is 114 cm³/mol. The van der Waals surface area contributed by atoms with E-state index in [0.29, 0.717) is 30.8 Å². The molecule has 0 amide bonds. The van der Waals surface area contributed by atoms with Gasteiger partial charge in [0.15, 0.2) is 0 Å². The zero-order valence-electron chi connectivity index (χ0n) is 17.1. The number of carboxylic acid groups (broad SMARTS) is 1. The maximum atomic E-state index is 11.2. The average molecular weight is 407 g/mol. The monoisotopic (exact) mass is 407 g/mol. The zero-order chi connectivity index (χ0) is 21.5. The first-order valence-electron chi connectivity index (χ1n) is 9.69. The van der Waals surface area contributed by atoms with Crippen LogP contribution in [0.1, 0.15) is 24.5 Å². The number of hydrogen-bond acceptors (Lipinski definition) is 5. The van der Waals surface area contributed by atoms with E-state index in [9.17, 15) is 9.59 Å². The van der Waals surface area contributed by atoms with Gasteiger partial charge in [0.1, 0.15) is 11.5 Å². The summed E-state index contributed by atoms with van der Waals surface area (Å²) in [6.07, 6.45) is 4.00. The average Bonchev–Trinajstić information content (AvgIpc) is 3.25. The number of rotatable bonds is 10. The first kappa shape index (κ1) is 21.3. The minimum absolute atomic E-state index is 0.0592. The Labute approximate surface area is 175 Å². The molecule has 0 unspecified atom stereocenters. The minimum atomic E-state index is -0.882. The van der Waals surface area contributed by atoms with Gasteiger partial charge in [0, 0.05) is 36.8 Å². The Morgan fingerprint density at radius 2 is 1.97 bits per heavy atom. The molecule has 0 fully saturated rings. The summed E-state index contributed by atoms with van der Waals surface area (Å²) in [5.41, 5.74) is 5.48. The standard InChI is InChI=1S/C23H25N3O4/c1-15(27)7-8-24-12-18-11-17(19-13-25-26-14-19)4-5-20(18)21-9-16(10-23(28)29)3-6-22(21)30-2/h3-6,9,11,13-14,24H,7-8,10,12H2,1-2H3,(H,25,26)(H,28,29). The highest BCUT2D eigenvalue weighted by atomic mass is 16.5. The molecule has 3 rings (SSSR count). The van der Waals surface area contributed by atoms with E-state index in [4.69, 9.17) is 9.84 Å². The fourth-order valence-corrected chi connectivity index (χ4v) is 3.33. The van der Waals surface area contributed by atoms with Crippen LogP contribution in [0.2, 0.25) is 0 Å². The number of nitrogens with one attached hydrogen (secondary N) is 2. The lowest BCUT2D eigenvalue weighted by Gasteiger charge is -2.16. The van der Waals surface area contributed by atoms with Crippen LogP contribution < -0.4 is 10.1 Å². The second kappa shape index (κ2) is 9.84. The van der Waals surface area contributed by atoms with Gasteiger partial charge in [-0.1, -0.05) is 18.2 Å². The van der Waals surface area contributed by atoms with Crippen LogP contribution >= 0.6 is 0 Å². The van der Waals surface area contributed by atoms with Crippen LogP contribution in [0.3, 0.4) is 0 Å². The summed E-state index contributed by atoms with van der Waals surface area (Å²) >= 11 is 0. The van der Waals surface area contributed by atoms with Gasteiger partial charge in [-0.05, 0) is 47.4 Å². The number of hydrogen-bond donors (Lipinski definition) is 3. The molecule has 0 radical (unpaired) electrons. The van der Waals surface area contributed by atoms with Crippen LogP contribution in [0.25, 0.3) is 22.3 Å². The van der Waals surface area contributed by atoms with Crippen LogP contribution in [0.5, 0.6) is 5.75 Å². The van der Waals surface area contributed by atoms with E-state index in [-0.39, 0.29) is 12.2 Å². The molecule has 0 aliphatic heterocycles. The lowest BCUT2D eigenvalue weighted by atomic mass is 9.93. The van der Waals surface area contributed by atoms with Crippen molar-refractivity contribution in [3.05, 3.63) is 59.9 Å². The van der Waals surface area contributed by atoms with Crippen molar-refractivity contribution in [3.63, 3.8) is 0 Å². The summed E-state index contributed by atoms with van der Waals surface area (Å²) in [7, 11) is 1.60. The molecule has 3 aromatic rings. The number of aliphatic carboxylic acids is 1. The van der Waals surface area contributed by atoms with E-state index in [1.807, 2.05) is 24.4 Å². The van der Waals surface area contributed by atoms with Crippen molar-refractivity contribution >= 4 is 11.8 Å². The molecule has 3 N–H and O–H groups in total. The molecule has 7 nitrogen and oxygen atoms in total. The smallest absolute Gasteiger partial charge is 0.307 e. The highest BCUT2D eigenvalue weighted by Crippen LogP contribution is 2.35. The molecule has 30 heavy (non-hydrogen) atoms. The molecule has 0 bridgehead atoms. The van der Waals surface area contributed by atoms with Crippen molar-refractivity contribution in [3.8, 4) is 28.0 Å². The third-order valence-electron chi connectivity index (χ3n) is 4.82. The SMILES string of the molecule is COc1ccc(CC(=O)O)cc1-c1ccc(-c2cn[nH]c2)cc1CNCCC(C)=O. The summed E-state index contributed by atoms with van der Waals surface area (Å²) in [5, 5.41) is 19.3. The van der Waals surface area contributed by atoms with Crippen LogP contribution in [-0.2, 0) is 22.6 Å². The highest BCUT2D eigenvalue weighted by Gasteiger charge is 2.14. The van der Waals surface area contributed by atoms with Gasteiger partial charge in [-0.15, -0.1) is 0 Å². The number of ketones is 1. The van der Waals surface area contributed by atoms with Crippen LogP contribution in [0, 0.1) is 0 Å². The minimum Gasteiger partial charge on any atom is -0.496 e. The molecule has 0 spiro atoms. The van der Waals surface area contributed by atoms with Crippen LogP contribution in [0.15, 0.2) is 48.8 Å². The molecular weight excluding hydrogens is 382 g/mol. The summed E-state index contributed by atoms with van der Waals surface area (Å²) in [5.74, 6) is -0.0735. The maximum absolute atomic E-state index is 11.2. The van der Waals surface area contributed by atoms with Crippen LogP contribution in [0.4, 0.5) is 0 Å². The molecule has 1 aromatic heterocycles. The fourth-order valence-electron chi connectivity index (χ4n) is 3.33.